The van der Waals surface area contributed by atoms with Crippen LogP contribution in [0.1, 0.15) is 64.8 Å². The summed E-state index contributed by atoms with van der Waals surface area (Å²) in [4.78, 5) is 9.17. The summed E-state index contributed by atoms with van der Waals surface area (Å²) >= 11 is 0. The van der Waals surface area contributed by atoms with Gasteiger partial charge >= 0.3 is 0 Å². The molecule has 1 aromatic rings. The second-order valence-electron chi connectivity index (χ2n) is 5.97. The first kappa shape index (κ1) is 16.7. The van der Waals surface area contributed by atoms with E-state index in [0.29, 0.717) is 18.4 Å². The van der Waals surface area contributed by atoms with Crippen LogP contribution in [0.5, 0.6) is 5.88 Å². The fourth-order valence-electron chi connectivity index (χ4n) is 1.72. The number of aromatic nitrogens is 2. The Morgan fingerprint density at radius 3 is 2.40 bits per heavy atom. The average molecular weight is 279 g/mol. The molecule has 1 aromatic heterocycles. The van der Waals surface area contributed by atoms with E-state index in [1.165, 1.54) is 0 Å². The largest absolute Gasteiger partial charge is 0.477 e. The summed E-state index contributed by atoms with van der Waals surface area (Å²) in [5.41, 5.74) is 1.01. The molecule has 1 N–H and O–H groups in total. The third-order valence-electron chi connectivity index (χ3n) is 3.11. The van der Waals surface area contributed by atoms with Crippen molar-refractivity contribution in [3.63, 3.8) is 0 Å². The lowest BCUT2D eigenvalue weighted by atomic mass is 10.1. The van der Waals surface area contributed by atoms with Crippen LogP contribution in [-0.2, 0) is 0 Å². The molecular formula is C16H29N3O. The van der Waals surface area contributed by atoms with E-state index in [1.807, 2.05) is 6.92 Å². The molecule has 0 bridgehead atoms. The van der Waals surface area contributed by atoms with Crippen LogP contribution in [0, 0.1) is 12.8 Å². The summed E-state index contributed by atoms with van der Waals surface area (Å²) in [5.74, 6) is 3.41. The highest BCUT2D eigenvalue weighted by Crippen LogP contribution is 2.25. The van der Waals surface area contributed by atoms with Gasteiger partial charge in [-0.2, -0.15) is 4.98 Å². The predicted molar refractivity (Wildman–Crippen MR) is 84.6 cm³/mol. The third kappa shape index (κ3) is 4.99. The summed E-state index contributed by atoms with van der Waals surface area (Å²) < 4.78 is 5.87. The maximum absolute atomic E-state index is 5.87. The van der Waals surface area contributed by atoms with Gasteiger partial charge in [-0.15, -0.1) is 0 Å². The van der Waals surface area contributed by atoms with Crippen LogP contribution in [0.3, 0.4) is 0 Å². The monoisotopic (exact) mass is 279 g/mol. The van der Waals surface area contributed by atoms with E-state index in [9.17, 15) is 0 Å². The molecule has 0 amide bonds. The molecule has 4 nitrogen and oxygen atoms in total. The minimum atomic E-state index is 0.297. The molecule has 114 valence electrons. The van der Waals surface area contributed by atoms with E-state index in [0.717, 1.165) is 42.5 Å². The number of rotatable bonds is 8. The number of nitrogens with zero attached hydrogens (tertiary/aromatic N) is 2. The molecule has 0 fully saturated rings. The second kappa shape index (κ2) is 8.08. The molecule has 0 unspecified atom stereocenters. The Labute approximate surface area is 123 Å². The molecule has 0 saturated carbocycles. The van der Waals surface area contributed by atoms with Crippen LogP contribution < -0.4 is 10.1 Å². The van der Waals surface area contributed by atoms with Gasteiger partial charge in [-0.1, -0.05) is 34.6 Å². The molecule has 20 heavy (non-hydrogen) atoms. The number of anilines is 1. The molecule has 0 aliphatic rings. The van der Waals surface area contributed by atoms with Crippen molar-refractivity contribution in [3.8, 4) is 5.88 Å². The van der Waals surface area contributed by atoms with Crippen molar-refractivity contribution in [2.75, 3.05) is 18.5 Å². The topological polar surface area (TPSA) is 47.0 Å². The lowest BCUT2D eigenvalue weighted by molar-refractivity contribution is 0.276. The molecule has 0 aliphatic heterocycles. The summed E-state index contributed by atoms with van der Waals surface area (Å²) in [6, 6.07) is 0. The molecule has 1 heterocycles. The van der Waals surface area contributed by atoms with Gasteiger partial charge in [0.25, 0.3) is 0 Å². The first-order valence-electron chi connectivity index (χ1n) is 7.70. The standard InChI is InChI=1S/C16H29N3O/c1-7-9-17-15-13(6)16(20-10-8-11(2)3)19-14(18-15)12(4)5/h11-12H,7-10H2,1-6H3,(H,17,18,19). The van der Waals surface area contributed by atoms with Gasteiger partial charge in [0, 0.05) is 12.5 Å². The van der Waals surface area contributed by atoms with Gasteiger partial charge in [-0.25, -0.2) is 4.98 Å². The van der Waals surface area contributed by atoms with Crippen molar-refractivity contribution in [1.82, 2.24) is 9.97 Å². The van der Waals surface area contributed by atoms with Crippen LogP contribution in [-0.4, -0.2) is 23.1 Å². The highest BCUT2D eigenvalue weighted by atomic mass is 16.5. The molecule has 0 spiro atoms. The highest BCUT2D eigenvalue weighted by molar-refractivity contribution is 5.48. The van der Waals surface area contributed by atoms with Crippen LogP contribution in [0.2, 0.25) is 0 Å². The lowest BCUT2D eigenvalue weighted by Crippen LogP contribution is -2.12. The van der Waals surface area contributed by atoms with Crippen LogP contribution in [0.15, 0.2) is 0 Å². The lowest BCUT2D eigenvalue weighted by Gasteiger charge is -2.16. The molecule has 0 saturated heterocycles. The minimum Gasteiger partial charge on any atom is -0.477 e. The van der Waals surface area contributed by atoms with E-state index in [-0.39, 0.29) is 0 Å². The first-order chi connectivity index (χ1) is 9.45. The zero-order chi connectivity index (χ0) is 15.1. The molecular weight excluding hydrogens is 250 g/mol. The number of ether oxygens (including phenoxy) is 1. The summed E-state index contributed by atoms with van der Waals surface area (Å²) in [6.45, 7) is 14.4. The summed E-state index contributed by atoms with van der Waals surface area (Å²) in [6.07, 6.45) is 2.11. The van der Waals surface area contributed by atoms with Gasteiger partial charge in [-0.3, -0.25) is 0 Å². The van der Waals surface area contributed by atoms with Gasteiger partial charge in [0.1, 0.15) is 11.6 Å². The zero-order valence-corrected chi connectivity index (χ0v) is 13.8. The van der Waals surface area contributed by atoms with Crippen molar-refractivity contribution in [3.05, 3.63) is 11.4 Å². The van der Waals surface area contributed by atoms with E-state index in [2.05, 4.69) is 49.9 Å². The van der Waals surface area contributed by atoms with E-state index in [4.69, 9.17) is 4.74 Å². The molecule has 0 aliphatic carbocycles. The highest BCUT2D eigenvalue weighted by Gasteiger charge is 2.14. The number of nitrogens with one attached hydrogen (secondary N) is 1. The van der Waals surface area contributed by atoms with Crippen molar-refractivity contribution in [1.29, 1.82) is 0 Å². The maximum Gasteiger partial charge on any atom is 0.221 e. The smallest absolute Gasteiger partial charge is 0.221 e. The van der Waals surface area contributed by atoms with Crippen molar-refractivity contribution in [2.45, 2.75) is 60.3 Å². The van der Waals surface area contributed by atoms with Crippen molar-refractivity contribution in [2.24, 2.45) is 5.92 Å². The maximum atomic E-state index is 5.87. The minimum absolute atomic E-state index is 0.297. The van der Waals surface area contributed by atoms with Crippen molar-refractivity contribution >= 4 is 5.82 Å². The van der Waals surface area contributed by atoms with Crippen molar-refractivity contribution < 1.29 is 4.74 Å². The second-order valence-corrected chi connectivity index (χ2v) is 5.97. The average Bonchev–Trinajstić information content (AvgIpc) is 2.38. The molecule has 0 radical (unpaired) electrons. The predicted octanol–water partition coefficient (Wildman–Crippen LogP) is 4.16. The first-order valence-corrected chi connectivity index (χ1v) is 7.70. The normalized spacial score (nSPS) is 11.2. The molecule has 0 aromatic carbocycles. The molecule has 4 heteroatoms. The van der Waals surface area contributed by atoms with E-state index >= 15 is 0 Å². The Morgan fingerprint density at radius 2 is 1.85 bits per heavy atom. The fraction of sp³-hybridized carbons (Fsp3) is 0.750. The number of hydrogen-bond acceptors (Lipinski definition) is 4. The Kier molecular flexibility index (Phi) is 6.76. The SMILES string of the molecule is CCCNc1nc(C(C)C)nc(OCCC(C)C)c1C. The van der Waals surface area contributed by atoms with Gasteiger partial charge in [0.15, 0.2) is 0 Å². The van der Waals surface area contributed by atoms with Crippen LogP contribution >= 0.6 is 0 Å². The quantitative estimate of drug-likeness (QED) is 0.776. The fourth-order valence-corrected chi connectivity index (χ4v) is 1.72. The Morgan fingerprint density at radius 1 is 1.15 bits per heavy atom. The molecule has 0 atom stereocenters. The summed E-state index contributed by atoms with van der Waals surface area (Å²) in [7, 11) is 0. The number of hydrogen-bond donors (Lipinski definition) is 1. The summed E-state index contributed by atoms with van der Waals surface area (Å²) in [5, 5.41) is 3.37. The Hall–Kier alpha value is -1.32. The Balaban J connectivity index is 2.92. The van der Waals surface area contributed by atoms with E-state index < -0.39 is 0 Å². The zero-order valence-electron chi connectivity index (χ0n) is 13.8. The third-order valence-corrected chi connectivity index (χ3v) is 3.11. The van der Waals surface area contributed by atoms with Gasteiger partial charge in [0.2, 0.25) is 5.88 Å². The Bertz CT molecular complexity index is 416. The van der Waals surface area contributed by atoms with Crippen LogP contribution in [0.25, 0.3) is 0 Å². The van der Waals surface area contributed by atoms with Gasteiger partial charge in [-0.05, 0) is 25.7 Å². The molecule has 1 rings (SSSR count). The van der Waals surface area contributed by atoms with E-state index in [1.54, 1.807) is 0 Å². The van der Waals surface area contributed by atoms with Gasteiger partial charge in [0.05, 0.1) is 12.2 Å². The van der Waals surface area contributed by atoms with Crippen LogP contribution in [0.4, 0.5) is 5.82 Å². The van der Waals surface area contributed by atoms with Gasteiger partial charge < -0.3 is 10.1 Å².